The number of hydrogen-bond donors (Lipinski definition) is 2. The summed E-state index contributed by atoms with van der Waals surface area (Å²) in [5.74, 6) is -1.58. The van der Waals surface area contributed by atoms with Crippen LogP contribution in [0, 0.1) is 0 Å². The number of rotatable bonds is 4. The summed E-state index contributed by atoms with van der Waals surface area (Å²) in [5, 5.41) is 12.0. The zero-order valence-corrected chi connectivity index (χ0v) is 11.6. The van der Waals surface area contributed by atoms with Crippen LogP contribution in [0.5, 0.6) is 0 Å². The van der Waals surface area contributed by atoms with Crippen molar-refractivity contribution >= 4 is 11.7 Å². The van der Waals surface area contributed by atoms with Crippen LogP contribution in [0.25, 0.3) is 0 Å². The van der Waals surface area contributed by atoms with E-state index in [2.05, 4.69) is 10.2 Å². The van der Waals surface area contributed by atoms with Crippen molar-refractivity contribution in [1.82, 2.24) is 4.90 Å². The Kier molecular flexibility index (Phi) is 4.41. The first-order valence-corrected chi connectivity index (χ1v) is 6.67. The van der Waals surface area contributed by atoms with Gasteiger partial charge in [-0.05, 0) is 44.6 Å². The molecule has 1 heterocycles. The number of carboxylic acids is 1. The zero-order valence-electron chi connectivity index (χ0n) is 11.6. The lowest BCUT2D eigenvalue weighted by molar-refractivity contribution is -0.138. The van der Waals surface area contributed by atoms with Crippen molar-refractivity contribution in [2.45, 2.75) is 25.1 Å². The second-order valence-electron chi connectivity index (χ2n) is 5.22. The average molecular weight is 302 g/mol. The highest BCUT2D eigenvalue weighted by Crippen LogP contribution is 2.33. The molecule has 116 valence electrons. The molecular weight excluding hydrogens is 285 g/mol. The highest BCUT2D eigenvalue weighted by atomic mass is 19.4. The second kappa shape index (κ2) is 5.93. The molecule has 0 radical (unpaired) electrons. The Balaban J connectivity index is 2.14. The Morgan fingerprint density at radius 1 is 1.48 bits per heavy atom. The molecule has 0 spiro atoms. The fourth-order valence-corrected chi connectivity index (χ4v) is 2.55. The summed E-state index contributed by atoms with van der Waals surface area (Å²) in [5.41, 5.74) is -1.47. The van der Waals surface area contributed by atoms with Crippen molar-refractivity contribution in [3.63, 3.8) is 0 Å². The number of halogens is 3. The second-order valence-corrected chi connectivity index (χ2v) is 5.22. The minimum atomic E-state index is -4.67. The normalized spacial score (nSPS) is 19.7. The maximum atomic E-state index is 12.7. The van der Waals surface area contributed by atoms with Gasteiger partial charge in [-0.25, -0.2) is 4.79 Å². The van der Waals surface area contributed by atoms with E-state index in [1.807, 2.05) is 7.05 Å². The summed E-state index contributed by atoms with van der Waals surface area (Å²) >= 11 is 0. The van der Waals surface area contributed by atoms with Gasteiger partial charge in [-0.15, -0.1) is 0 Å². The highest BCUT2D eigenvalue weighted by Gasteiger charge is 2.35. The molecule has 1 saturated heterocycles. The Morgan fingerprint density at radius 2 is 2.19 bits per heavy atom. The number of carbonyl (C=O) groups is 1. The quantitative estimate of drug-likeness (QED) is 0.898. The molecule has 1 aliphatic rings. The van der Waals surface area contributed by atoms with Crippen LogP contribution in [0.2, 0.25) is 0 Å². The molecule has 0 aliphatic carbocycles. The molecule has 0 aromatic heterocycles. The molecule has 1 unspecified atom stereocenters. The van der Waals surface area contributed by atoms with Crippen molar-refractivity contribution in [3.05, 3.63) is 29.3 Å². The lowest BCUT2D eigenvalue weighted by atomic mass is 10.1. The van der Waals surface area contributed by atoms with Crippen molar-refractivity contribution in [2.75, 3.05) is 25.5 Å². The van der Waals surface area contributed by atoms with E-state index >= 15 is 0 Å². The highest BCUT2D eigenvalue weighted by molar-refractivity contribution is 5.91. The van der Waals surface area contributed by atoms with Crippen LogP contribution in [0.15, 0.2) is 18.2 Å². The molecule has 1 atom stereocenters. The first kappa shape index (κ1) is 15.6. The van der Waals surface area contributed by atoms with Crippen LogP contribution in [0.3, 0.4) is 0 Å². The van der Waals surface area contributed by atoms with E-state index in [1.165, 1.54) is 6.07 Å². The lowest BCUT2D eigenvalue weighted by Crippen LogP contribution is -2.31. The third-order valence-corrected chi connectivity index (χ3v) is 3.77. The maximum absolute atomic E-state index is 12.7. The molecule has 0 amide bonds. The van der Waals surface area contributed by atoms with Gasteiger partial charge in [0.2, 0.25) is 0 Å². The standard InChI is InChI=1S/C14H17F3N2O2/c1-19-6-2-3-10(19)8-18-9-4-5-12(14(15,16)17)11(7-9)13(20)21/h4-5,7,10,18H,2-3,6,8H2,1H3,(H,20,21). The number of anilines is 1. The maximum Gasteiger partial charge on any atom is 0.417 e. The van der Waals surface area contributed by atoms with Gasteiger partial charge in [0.05, 0.1) is 11.1 Å². The third-order valence-electron chi connectivity index (χ3n) is 3.77. The van der Waals surface area contributed by atoms with Gasteiger partial charge in [-0.1, -0.05) is 0 Å². The van der Waals surface area contributed by atoms with E-state index in [0.29, 0.717) is 18.3 Å². The molecular formula is C14H17F3N2O2. The van der Waals surface area contributed by atoms with Gasteiger partial charge in [-0.2, -0.15) is 13.2 Å². The largest absolute Gasteiger partial charge is 0.478 e. The summed E-state index contributed by atoms with van der Waals surface area (Å²) in [6.07, 6.45) is -2.55. The van der Waals surface area contributed by atoms with Gasteiger partial charge in [0.1, 0.15) is 0 Å². The minimum Gasteiger partial charge on any atom is -0.478 e. The van der Waals surface area contributed by atoms with Gasteiger partial charge < -0.3 is 15.3 Å². The number of carboxylic acid groups (broad SMARTS) is 1. The Hall–Kier alpha value is -1.76. The number of nitrogens with one attached hydrogen (secondary N) is 1. The van der Waals surface area contributed by atoms with Crippen LogP contribution < -0.4 is 5.32 Å². The van der Waals surface area contributed by atoms with Crippen molar-refractivity contribution in [2.24, 2.45) is 0 Å². The summed E-state index contributed by atoms with van der Waals surface area (Å²) in [7, 11) is 1.99. The molecule has 1 aromatic carbocycles. The van der Waals surface area contributed by atoms with Crippen LogP contribution >= 0.6 is 0 Å². The van der Waals surface area contributed by atoms with Gasteiger partial charge in [0, 0.05) is 18.3 Å². The van der Waals surface area contributed by atoms with Crippen LogP contribution in [-0.4, -0.2) is 42.2 Å². The predicted molar refractivity (Wildman–Crippen MR) is 72.5 cm³/mol. The van der Waals surface area contributed by atoms with Gasteiger partial charge in [0.25, 0.3) is 0 Å². The fraction of sp³-hybridized carbons (Fsp3) is 0.500. The summed E-state index contributed by atoms with van der Waals surface area (Å²) in [4.78, 5) is 13.2. The lowest BCUT2D eigenvalue weighted by Gasteiger charge is -2.20. The molecule has 0 bridgehead atoms. The van der Waals surface area contributed by atoms with E-state index < -0.39 is 23.3 Å². The monoisotopic (exact) mass is 302 g/mol. The molecule has 2 N–H and O–H groups in total. The van der Waals surface area contributed by atoms with Crippen LogP contribution in [0.1, 0.15) is 28.8 Å². The molecule has 7 heteroatoms. The Bertz CT molecular complexity index is 531. The van der Waals surface area contributed by atoms with E-state index in [1.54, 1.807) is 0 Å². The molecule has 2 rings (SSSR count). The molecule has 0 saturated carbocycles. The summed E-state index contributed by atoms with van der Waals surface area (Å²) < 4.78 is 38.2. The smallest absolute Gasteiger partial charge is 0.417 e. The van der Waals surface area contributed by atoms with Gasteiger partial charge in [0.15, 0.2) is 0 Å². The van der Waals surface area contributed by atoms with Crippen molar-refractivity contribution in [1.29, 1.82) is 0 Å². The van der Waals surface area contributed by atoms with E-state index in [-0.39, 0.29) is 0 Å². The number of hydrogen-bond acceptors (Lipinski definition) is 3. The van der Waals surface area contributed by atoms with Crippen LogP contribution in [0.4, 0.5) is 18.9 Å². The van der Waals surface area contributed by atoms with Gasteiger partial charge in [-0.3, -0.25) is 0 Å². The number of likely N-dealkylation sites (N-methyl/N-ethyl adjacent to an activating group) is 1. The van der Waals surface area contributed by atoms with Crippen LogP contribution in [-0.2, 0) is 6.18 Å². The van der Waals surface area contributed by atoms with E-state index in [0.717, 1.165) is 31.5 Å². The molecule has 4 nitrogen and oxygen atoms in total. The number of nitrogens with zero attached hydrogens (tertiary/aromatic N) is 1. The number of alkyl halides is 3. The fourth-order valence-electron chi connectivity index (χ4n) is 2.55. The zero-order chi connectivity index (χ0) is 15.6. The summed E-state index contributed by atoms with van der Waals surface area (Å²) in [6, 6.07) is 3.44. The first-order chi connectivity index (χ1) is 9.79. The molecule has 1 aromatic rings. The van der Waals surface area contributed by atoms with Crippen molar-refractivity contribution < 1.29 is 23.1 Å². The van der Waals surface area contributed by atoms with Gasteiger partial charge >= 0.3 is 12.1 Å². The molecule has 1 fully saturated rings. The minimum absolute atomic E-state index is 0.320. The third kappa shape index (κ3) is 3.66. The molecule has 21 heavy (non-hydrogen) atoms. The first-order valence-electron chi connectivity index (χ1n) is 6.67. The van der Waals surface area contributed by atoms with E-state index in [9.17, 15) is 18.0 Å². The average Bonchev–Trinajstić information content (AvgIpc) is 2.80. The Morgan fingerprint density at radius 3 is 2.71 bits per heavy atom. The Labute approximate surface area is 120 Å². The number of likely N-dealkylation sites (tertiary alicyclic amines) is 1. The number of benzene rings is 1. The summed E-state index contributed by atoms with van der Waals surface area (Å²) in [6.45, 7) is 1.58. The van der Waals surface area contributed by atoms with E-state index in [4.69, 9.17) is 5.11 Å². The molecule has 1 aliphatic heterocycles. The SMILES string of the molecule is CN1CCCC1CNc1ccc(C(F)(F)F)c(C(=O)O)c1. The topological polar surface area (TPSA) is 52.6 Å². The van der Waals surface area contributed by atoms with Crippen molar-refractivity contribution in [3.8, 4) is 0 Å². The predicted octanol–water partition coefficient (Wildman–Crippen LogP) is 2.91. The number of aromatic carboxylic acids is 1.